The van der Waals surface area contributed by atoms with E-state index in [1.807, 2.05) is 39.0 Å². The minimum absolute atomic E-state index is 0.375. The SMILES string of the molecule is CCN1C(=O)C(C)(C(=O)Nc2c(C)nsc2C)Oc2ccccc21. The molecule has 2 aromatic rings. The second kappa shape index (κ2) is 5.90. The Bertz CT molecular complexity index is 798. The molecule has 0 aliphatic carbocycles. The average Bonchev–Trinajstić information content (AvgIpc) is 2.88. The second-order valence-electron chi connectivity index (χ2n) is 5.81. The summed E-state index contributed by atoms with van der Waals surface area (Å²) >= 11 is 1.31. The number of carbonyl (C=O) groups excluding carboxylic acids is 2. The summed E-state index contributed by atoms with van der Waals surface area (Å²) in [5.74, 6) is -0.347. The Morgan fingerprint density at radius 2 is 2.08 bits per heavy atom. The van der Waals surface area contributed by atoms with Crippen molar-refractivity contribution in [2.24, 2.45) is 0 Å². The van der Waals surface area contributed by atoms with Gasteiger partial charge in [0.1, 0.15) is 5.75 Å². The van der Waals surface area contributed by atoms with E-state index in [4.69, 9.17) is 4.74 Å². The molecule has 1 aliphatic rings. The molecule has 2 heterocycles. The van der Waals surface area contributed by atoms with Crippen molar-refractivity contribution in [3.8, 4) is 5.75 Å². The minimum Gasteiger partial charge on any atom is -0.465 e. The minimum atomic E-state index is -1.62. The van der Waals surface area contributed by atoms with Crippen molar-refractivity contribution in [3.63, 3.8) is 0 Å². The zero-order valence-electron chi connectivity index (χ0n) is 14.0. The van der Waals surface area contributed by atoms with E-state index in [1.54, 1.807) is 11.0 Å². The van der Waals surface area contributed by atoms with Gasteiger partial charge >= 0.3 is 0 Å². The van der Waals surface area contributed by atoms with Gasteiger partial charge in [0.2, 0.25) is 0 Å². The Morgan fingerprint density at radius 3 is 2.71 bits per heavy atom. The van der Waals surface area contributed by atoms with Crippen molar-refractivity contribution in [1.82, 2.24) is 4.37 Å². The number of likely N-dealkylation sites (N-methyl/N-ethyl adjacent to an activating group) is 1. The number of anilines is 2. The summed E-state index contributed by atoms with van der Waals surface area (Å²) in [6.45, 7) is 7.53. The number of aryl methyl sites for hydroxylation is 2. The summed E-state index contributed by atoms with van der Waals surface area (Å²) in [6, 6.07) is 7.23. The van der Waals surface area contributed by atoms with Crippen molar-refractivity contribution < 1.29 is 14.3 Å². The van der Waals surface area contributed by atoms with Crippen LogP contribution < -0.4 is 15.0 Å². The number of ether oxygens (including phenoxy) is 1. The van der Waals surface area contributed by atoms with E-state index < -0.39 is 11.5 Å². The summed E-state index contributed by atoms with van der Waals surface area (Å²) in [7, 11) is 0. The lowest BCUT2D eigenvalue weighted by molar-refractivity contribution is -0.145. The van der Waals surface area contributed by atoms with Crippen LogP contribution in [0.25, 0.3) is 0 Å². The number of nitrogens with zero attached hydrogens (tertiary/aromatic N) is 2. The quantitative estimate of drug-likeness (QED) is 0.868. The van der Waals surface area contributed by atoms with Gasteiger partial charge in [-0.2, -0.15) is 4.37 Å². The fourth-order valence-electron chi connectivity index (χ4n) is 2.75. The highest BCUT2D eigenvalue weighted by Gasteiger charge is 2.50. The zero-order valence-corrected chi connectivity index (χ0v) is 14.9. The molecule has 24 heavy (non-hydrogen) atoms. The maximum atomic E-state index is 12.9. The molecule has 1 unspecified atom stereocenters. The average molecular weight is 345 g/mol. The van der Waals surface area contributed by atoms with Gasteiger partial charge in [0.25, 0.3) is 17.4 Å². The molecule has 126 valence electrons. The number of nitrogens with one attached hydrogen (secondary N) is 1. The first-order chi connectivity index (χ1) is 11.4. The third kappa shape index (κ3) is 2.45. The fraction of sp³-hybridized carbons (Fsp3) is 0.353. The van der Waals surface area contributed by atoms with Gasteiger partial charge in [0.05, 0.1) is 17.1 Å². The molecule has 1 aromatic heterocycles. The maximum absolute atomic E-state index is 12.9. The highest BCUT2D eigenvalue weighted by Crippen LogP contribution is 2.38. The van der Waals surface area contributed by atoms with Crippen LogP contribution in [0.2, 0.25) is 0 Å². The number of rotatable bonds is 3. The predicted molar refractivity (Wildman–Crippen MR) is 93.7 cm³/mol. The van der Waals surface area contributed by atoms with E-state index in [0.717, 1.165) is 10.6 Å². The molecule has 0 bridgehead atoms. The molecule has 1 aliphatic heterocycles. The zero-order chi connectivity index (χ0) is 17.5. The molecular formula is C17H19N3O3S. The molecule has 2 amide bonds. The number of hydrogen-bond donors (Lipinski definition) is 1. The van der Waals surface area contributed by atoms with Gasteiger partial charge < -0.3 is 15.0 Å². The number of fused-ring (bicyclic) bond motifs is 1. The van der Waals surface area contributed by atoms with E-state index in [1.165, 1.54) is 18.5 Å². The number of aromatic nitrogens is 1. The van der Waals surface area contributed by atoms with Crippen molar-refractivity contribution in [2.75, 3.05) is 16.8 Å². The molecule has 0 fully saturated rings. The molecule has 1 N–H and O–H groups in total. The van der Waals surface area contributed by atoms with Crippen molar-refractivity contribution in [2.45, 2.75) is 33.3 Å². The maximum Gasteiger partial charge on any atom is 0.280 e. The molecular weight excluding hydrogens is 326 g/mol. The van der Waals surface area contributed by atoms with Gasteiger partial charge in [-0.15, -0.1) is 0 Å². The van der Waals surface area contributed by atoms with Gasteiger partial charge in [0, 0.05) is 11.4 Å². The van der Waals surface area contributed by atoms with Gasteiger partial charge in [-0.05, 0) is 51.4 Å². The second-order valence-corrected chi connectivity index (χ2v) is 6.78. The Hall–Kier alpha value is -2.41. The van der Waals surface area contributed by atoms with Crippen LogP contribution in [0.3, 0.4) is 0 Å². The topological polar surface area (TPSA) is 71.5 Å². The highest BCUT2D eigenvalue weighted by molar-refractivity contribution is 7.06. The lowest BCUT2D eigenvalue weighted by Crippen LogP contribution is -2.60. The monoisotopic (exact) mass is 345 g/mol. The van der Waals surface area contributed by atoms with Gasteiger partial charge in [-0.1, -0.05) is 12.1 Å². The molecule has 6 nitrogen and oxygen atoms in total. The lowest BCUT2D eigenvalue weighted by atomic mass is 9.99. The van der Waals surface area contributed by atoms with Gasteiger partial charge in [-0.25, -0.2) is 0 Å². The molecule has 0 saturated heterocycles. The number of benzene rings is 1. The van der Waals surface area contributed by atoms with Gasteiger partial charge in [0.15, 0.2) is 0 Å². The third-order valence-electron chi connectivity index (χ3n) is 4.14. The Kier molecular flexibility index (Phi) is 4.04. The van der Waals surface area contributed by atoms with Gasteiger partial charge in [-0.3, -0.25) is 9.59 Å². The van der Waals surface area contributed by atoms with E-state index in [-0.39, 0.29) is 5.91 Å². The first kappa shape index (κ1) is 16.4. The number of hydrogen-bond acceptors (Lipinski definition) is 5. The normalized spacial score (nSPS) is 19.7. The molecule has 3 rings (SSSR count). The van der Waals surface area contributed by atoms with Crippen molar-refractivity contribution >= 4 is 34.7 Å². The van der Waals surface area contributed by atoms with Crippen LogP contribution in [0.5, 0.6) is 5.75 Å². The van der Waals surface area contributed by atoms with Crippen LogP contribution in [-0.2, 0) is 9.59 Å². The molecule has 1 atom stereocenters. The van der Waals surface area contributed by atoms with Crippen molar-refractivity contribution in [1.29, 1.82) is 0 Å². The highest BCUT2D eigenvalue weighted by atomic mass is 32.1. The molecule has 0 spiro atoms. The lowest BCUT2D eigenvalue weighted by Gasteiger charge is -2.39. The largest absolute Gasteiger partial charge is 0.465 e. The van der Waals surface area contributed by atoms with Crippen LogP contribution in [0, 0.1) is 13.8 Å². The summed E-state index contributed by atoms with van der Waals surface area (Å²) in [5.41, 5.74) is 0.431. The first-order valence-corrected chi connectivity index (χ1v) is 8.50. The number of carbonyl (C=O) groups is 2. The van der Waals surface area contributed by atoms with Crippen LogP contribution in [-0.4, -0.2) is 28.3 Å². The summed E-state index contributed by atoms with van der Waals surface area (Å²) in [5, 5.41) is 2.81. The molecule has 7 heteroatoms. The first-order valence-electron chi connectivity index (χ1n) is 7.72. The summed E-state index contributed by atoms with van der Waals surface area (Å²) < 4.78 is 10.0. The third-order valence-corrected chi connectivity index (χ3v) is 4.99. The molecule has 0 saturated carbocycles. The number of para-hydroxylation sites is 2. The van der Waals surface area contributed by atoms with E-state index in [9.17, 15) is 9.59 Å². The standard InChI is InChI=1S/C17H19N3O3S/c1-5-20-12-8-6-7-9-13(12)23-17(4,16(20)22)15(21)18-14-10(2)19-24-11(14)3/h6-9H,5H2,1-4H3,(H,18,21). The van der Waals surface area contributed by atoms with E-state index >= 15 is 0 Å². The van der Waals surface area contributed by atoms with Crippen LogP contribution in [0.1, 0.15) is 24.4 Å². The predicted octanol–water partition coefficient (Wildman–Crippen LogP) is 2.90. The van der Waals surface area contributed by atoms with E-state index in [2.05, 4.69) is 9.69 Å². The van der Waals surface area contributed by atoms with Crippen molar-refractivity contribution in [3.05, 3.63) is 34.8 Å². The smallest absolute Gasteiger partial charge is 0.280 e. The van der Waals surface area contributed by atoms with Crippen LogP contribution in [0.15, 0.2) is 24.3 Å². The number of amides is 2. The Labute approximate surface area is 144 Å². The fourth-order valence-corrected chi connectivity index (χ4v) is 3.40. The Balaban J connectivity index is 1.97. The van der Waals surface area contributed by atoms with Crippen LogP contribution >= 0.6 is 11.5 Å². The summed E-state index contributed by atoms with van der Waals surface area (Å²) in [4.78, 5) is 28.2. The summed E-state index contributed by atoms with van der Waals surface area (Å²) in [6.07, 6.45) is 0. The van der Waals surface area contributed by atoms with E-state index in [0.29, 0.717) is 23.7 Å². The Morgan fingerprint density at radius 1 is 1.38 bits per heavy atom. The molecule has 0 radical (unpaired) electrons. The molecule has 1 aromatic carbocycles. The van der Waals surface area contributed by atoms with Crippen LogP contribution in [0.4, 0.5) is 11.4 Å².